The minimum atomic E-state index is -4.79. The second-order valence-electron chi connectivity index (χ2n) is 3.64. The smallest absolute Gasteiger partial charge is 0.404 e. The Morgan fingerprint density at radius 1 is 1.20 bits per heavy atom. The molecule has 0 bridgehead atoms. The lowest BCUT2D eigenvalue weighted by molar-refractivity contribution is -0.274. The summed E-state index contributed by atoms with van der Waals surface area (Å²) in [6.45, 7) is 0. The molecule has 9 heteroatoms. The Balaban J connectivity index is 2.31. The number of hydrogen-bond acceptors (Lipinski definition) is 5. The first kappa shape index (κ1) is 14.4. The van der Waals surface area contributed by atoms with Crippen molar-refractivity contribution in [2.75, 3.05) is 11.1 Å². The number of alkyl halides is 3. The molecule has 0 unspecified atom stereocenters. The van der Waals surface area contributed by atoms with Crippen LogP contribution >= 0.6 is 15.9 Å². The Hall–Kier alpha value is -2.03. The van der Waals surface area contributed by atoms with Gasteiger partial charge in [0.15, 0.2) is 5.75 Å². The number of halogens is 4. The van der Waals surface area contributed by atoms with Crippen LogP contribution in [0.15, 0.2) is 35.1 Å². The summed E-state index contributed by atoms with van der Waals surface area (Å²) in [5, 5.41) is 2.69. The van der Waals surface area contributed by atoms with Crippen LogP contribution in [0, 0.1) is 0 Å². The van der Waals surface area contributed by atoms with E-state index in [1.54, 1.807) is 6.07 Å². The lowest BCUT2D eigenvalue weighted by Gasteiger charge is -2.14. The van der Waals surface area contributed by atoms with Gasteiger partial charge in [-0.2, -0.15) is 0 Å². The SMILES string of the molecule is Nc1cc(Nc2ccc(Br)cc2OC(F)(F)F)ncn1. The van der Waals surface area contributed by atoms with Crippen molar-refractivity contribution in [2.45, 2.75) is 6.36 Å². The Bertz CT molecular complexity index is 621. The predicted molar refractivity (Wildman–Crippen MR) is 70.6 cm³/mol. The minimum absolute atomic E-state index is 0.101. The molecule has 0 aliphatic rings. The molecule has 0 spiro atoms. The van der Waals surface area contributed by atoms with Gasteiger partial charge in [-0.05, 0) is 18.2 Å². The molecule has 0 atom stereocenters. The number of hydrogen-bond donors (Lipinski definition) is 2. The number of nitrogens with zero attached hydrogens (tertiary/aromatic N) is 2. The minimum Gasteiger partial charge on any atom is -0.404 e. The summed E-state index contributed by atoms with van der Waals surface area (Å²) in [5.74, 6) is 0.0637. The Morgan fingerprint density at radius 3 is 2.60 bits per heavy atom. The van der Waals surface area contributed by atoms with Crippen molar-refractivity contribution < 1.29 is 17.9 Å². The highest BCUT2D eigenvalue weighted by Gasteiger charge is 2.32. The Kier molecular flexibility index (Phi) is 3.98. The average Bonchev–Trinajstić information content (AvgIpc) is 2.31. The van der Waals surface area contributed by atoms with Gasteiger partial charge in [0.1, 0.15) is 18.0 Å². The van der Waals surface area contributed by atoms with E-state index in [0.717, 1.165) is 0 Å². The van der Waals surface area contributed by atoms with E-state index in [9.17, 15) is 13.2 Å². The topological polar surface area (TPSA) is 73.1 Å². The average molecular weight is 349 g/mol. The van der Waals surface area contributed by atoms with E-state index < -0.39 is 6.36 Å². The third kappa shape index (κ3) is 3.98. The first-order chi connectivity index (χ1) is 9.33. The second kappa shape index (κ2) is 5.53. The van der Waals surface area contributed by atoms with Gasteiger partial charge in [0.05, 0.1) is 5.69 Å². The van der Waals surface area contributed by atoms with E-state index in [0.29, 0.717) is 4.47 Å². The molecule has 0 fully saturated rings. The largest absolute Gasteiger partial charge is 0.573 e. The first-order valence-corrected chi connectivity index (χ1v) is 6.02. The number of benzene rings is 1. The fraction of sp³-hybridized carbons (Fsp3) is 0.0909. The third-order valence-electron chi connectivity index (χ3n) is 2.12. The predicted octanol–water partition coefficient (Wildman–Crippen LogP) is 3.46. The number of ether oxygens (including phenoxy) is 1. The normalized spacial score (nSPS) is 11.2. The van der Waals surface area contributed by atoms with Crippen LogP contribution in [0.1, 0.15) is 0 Å². The van der Waals surface area contributed by atoms with E-state index in [1.807, 2.05) is 0 Å². The standard InChI is InChI=1S/C11H8BrF3N4O/c12-6-1-2-7(8(3-6)20-11(13,14)15)19-10-4-9(16)17-5-18-10/h1-5H,(H3,16,17,18,19). The third-order valence-corrected chi connectivity index (χ3v) is 2.61. The summed E-state index contributed by atoms with van der Waals surface area (Å²) in [6, 6.07) is 5.57. The fourth-order valence-electron chi connectivity index (χ4n) is 1.39. The van der Waals surface area contributed by atoms with Crippen LogP contribution in [0.4, 0.5) is 30.5 Å². The van der Waals surface area contributed by atoms with Crippen LogP contribution in [-0.2, 0) is 0 Å². The van der Waals surface area contributed by atoms with Crippen molar-refractivity contribution in [1.82, 2.24) is 9.97 Å². The van der Waals surface area contributed by atoms with Crippen LogP contribution in [0.3, 0.4) is 0 Å². The zero-order valence-corrected chi connectivity index (χ0v) is 11.4. The first-order valence-electron chi connectivity index (χ1n) is 5.23. The van der Waals surface area contributed by atoms with E-state index in [4.69, 9.17) is 5.73 Å². The molecule has 1 heterocycles. The number of rotatable bonds is 3. The van der Waals surface area contributed by atoms with Crippen LogP contribution in [0.2, 0.25) is 0 Å². The van der Waals surface area contributed by atoms with Gasteiger partial charge in [-0.3, -0.25) is 0 Å². The molecule has 1 aromatic carbocycles. The summed E-state index contributed by atoms with van der Waals surface area (Å²) in [4.78, 5) is 7.53. The lowest BCUT2D eigenvalue weighted by Crippen LogP contribution is -2.18. The van der Waals surface area contributed by atoms with Crippen LogP contribution < -0.4 is 15.8 Å². The van der Waals surface area contributed by atoms with Crippen molar-refractivity contribution in [2.24, 2.45) is 0 Å². The van der Waals surface area contributed by atoms with Crippen LogP contribution in [-0.4, -0.2) is 16.3 Å². The molecule has 106 valence electrons. The van der Waals surface area contributed by atoms with Gasteiger partial charge in [-0.15, -0.1) is 13.2 Å². The number of nitrogens with one attached hydrogen (secondary N) is 1. The van der Waals surface area contributed by atoms with Gasteiger partial charge in [0.2, 0.25) is 0 Å². The van der Waals surface area contributed by atoms with E-state index in [2.05, 4.69) is 36.0 Å². The molecule has 2 aromatic rings. The van der Waals surface area contributed by atoms with Crippen molar-refractivity contribution in [3.63, 3.8) is 0 Å². The number of nitrogen functional groups attached to an aromatic ring is 1. The molecule has 1 aromatic heterocycles. The summed E-state index contributed by atoms with van der Waals surface area (Å²) in [6.07, 6.45) is -3.59. The van der Waals surface area contributed by atoms with Gasteiger partial charge >= 0.3 is 6.36 Å². The number of anilines is 3. The van der Waals surface area contributed by atoms with Gasteiger partial charge in [0, 0.05) is 10.5 Å². The van der Waals surface area contributed by atoms with Crippen LogP contribution in [0.25, 0.3) is 0 Å². The van der Waals surface area contributed by atoms with Gasteiger partial charge in [0.25, 0.3) is 0 Å². The van der Waals surface area contributed by atoms with Gasteiger partial charge in [-0.25, -0.2) is 9.97 Å². The van der Waals surface area contributed by atoms with E-state index in [-0.39, 0.29) is 23.1 Å². The maximum Gasteiger partial charge on any atom is 0.573 e. The monoisotopic (exact) mass is 348 g/mol. The van der Waals surface area contributed by atoms with Crippen molar-refractivity contribution in [3.8, 4) is 5.75 Å². The summed E-state index contributed by atoms with van der Waals surface area (Å²) in [7, 11) is 0. The summed E-state index contributed by atoms with van der Waals surface area (Å²) < 4.78 is 41.4. The highest BCUT2D eigenvalue weighted by molar-refractivity contribution is 9.10. The maximum atomic E-state index is 12.3. The van der Waals surface area contributed by atoms with E-state index in [1.165, 1.54) is 24.5 Å². The molecule has 0 aliphatic heterocycles. The quantitative estimate of drug-likeness (QED) is 0.888. The zero-order valence-electron chi connectivity index (χ0n) is 9.78. The maximum absolute atomic E-state index is 12.3. The van der Waals surface area contributed by atoms with E-state index >= 15 is 0 Å². The fourth-order valence-corrected chi connectivity index (χ4v) is 1.73. The number of aromatic nitrogens is 2. The molecular weight excluding hydrogens is 341 g/mol. The summed E-state index contributed by atoms with van der Waals surface area (Å²) >= 11 is 3.08. The highest BCUT2D eigenvalue weighted by Crippen LogP contribution is 2.34. The lowest BCUT2D eigenvalue weighted by atomic mass is 10.3. The molecule has 2 rings (SSSR count). The molecule has 0 saturated heterocycles. The van der Waals surface area contributed by atoms with Crippen LogP contribution in [0.5, 0.6) is 5.75 Å². The van der Waals surface area contributed by atoms with Gasteiger partial charge in [-0.1, -0.05) is 15.9 Å². The Labute approximate surface area is 120 Å². The molecule has 5 nitrogen and oxygen atoms in total. The van der Waals surface area contributed by atoms with Crippen molar-refractivity contribution >= 4 is 33.3 Å². The molecule has 0 amide bonds. The molecular formula is C11H8BrF3N4O. The van der Waals surface area contributed by atoms with Crippen molar-refractivity contribution in [3.05, 3.63) is 35.1 Å². The molecule has 20 heavy (non-hydrogen) atoms. The highest BCUT2D eigenvalue weighted by atomic mass is 79.9. The zero-order chi connectivity index (χ0) is 14.8. The summed E-state index contributed by atoms with van der Waals surface area (Å²) in [5.41, 5.74) is 5.57. The molecule has 0 radical (unpaired) electrons. The number of nitrogens with two attached hydrogens (primary N) is 1. The molecule has 3 N–H and O–H groups in total. The van der Waals surface area contributed by atoms with Gasteiger partial charge < -0.3 is 15.8 Å². The molecule has 0 saturated carbocycles. The molecule has 0 aliphatic carbocycles. The second-order valence-corrected chi connectivity index (χ2v) is 4.56. The van der Waals surface area contributed by atoms with Crippen molar-refractivity contribution in [1.29, 1.82) is 0 Å². The Morgan fingerprint density at radius 2 is 1.95 bits per heavy atom.